The van der Waals surface area contributed by atoms with Gasteiger partial charge in [-0.15, -0.1) is 0 Å². The van der Waals surface area contributed by atoms with Crippen LogP contribution in [0.3, 0.4) is 0 Å². The van der Waals surface area contributed by atoms with E-state index in [4.69, 9.17) is 0 Å². The molecule has 0 amide bonds. The minimum absolute atomic E-state index is 0.248. The summed E-state index contributed by atoms with van der Waals surface area (Å²) in [6.45, 7) is 8.53. The minimum atomic E-state index is 0.248. The summed E-state index contributed by atoms with van der Waals surface area (Å²) in [7, 11) is 4.26. The van der Waals surface area contributed by atoms with Crippen molar-refractivity contribution in [3.8, 4) is 11.5 Å². The zero-order valence-corrected chi connectivity index (χ0v) is 16.6. The first-order valence-corrected chi connectivity index (χ1v) is 9.26. The van der Waals surface area contributed by atoms with Gasteiger partial charge in [-0.25, -0.2) is 0 Å². The van der Waals surface area contributed by atoms with Gasteiger partial charge in [0.15, 0.2) is 0 Å². The molecule has 0 saturated heterocycles. The minimum Gasteiger partial charge on any atom is -0.508 e. The van der Waals surface area contributed by atoms with Gasteiger partial charge in [0.05, 0.1) is 0 Å². The van der Waals surface area contributed by atoms with Gasteiger partial charge in [-0.05, 0) is 69.3 Å². The first kappa shape index (κ1) is 20.3. The quantitative estimate of drug-likeness (QED) is 0.735. The van der Waals surface area contributed by atoms with Crippen molar-refractivity contribution in [3.05, 3.63) is 59.7 Å². The summed E-state index contributed by atoms with van der Waals surface area (Å²) < 4.78 is 0. The Morgan fingerprint density at radius 2 is 1.12 bits per heavy atom. The molecule has 0 aliphatic heterocycles. The van der Waals surface area contributed by atoms with Crippen molar-refractivity contribution in [1.82, 2.24) is 9.80 Å². The third kappa shape index (κ3) is 5.48. The molecule has 0 spiro atoms. The van der Waals surface area contributed by atoms with Crippen LogP contribution in [0.2, 0.25) is 0 Å². The molecule has 0 heterocycles. The summed E-state index contributed by atoms with van der Waals surface area (Å²) in [5.41, 5.74) is 2.25. The zero-order valence-electron chi connectivity index (χ0n) is 16.6. The van der Waals surface area contributed by atoms with Crippen LogP contribution in [0.25, 0.3) is 0 Å². The summed E-state index contributed by atoms with van der Waals surface area (Å²) >= 11 is 0. The topological polar surface area (TPSA) is 46.9 Å². The van der Waals surface area contributed by atoms with Crippen molar-refractivity contribution in [2.45, 2.75) is 32.9 Å². The van der Waals surface area contributed by atoms with Gasteiger partial charge >= 0.3 is 0 Å². The van der Waals surface area contributed by atoms with E-state index in [1.165, 1.54) is 0 Å². The molecule has 0 bridgehead atoms. The van der Waals surface area contributed by atoms with E-state index in [0.29, 0.717) is 17.4 Å². The number of hydrogen-bond donors (Lipinski definition) is 2. The number of aromatic hydroxyl groups is 2. The molecule has 2 atom stereocenters. The molecule has 142 valence electrons. The molecule has 0 aliphatic carbocycles. The Bertz CT molecular complexity index is 645. The molecule has 0 aliphatic rings. The lowest BCUT2D eigenvalue weighted by Crippen LogP contribution is -2.34. The number of nitrogens with zero attached hydrogens (tertiary/aromatic N) is 2. The van der Waals surface area contributed by atoms with Gasteiger partial charge < -0.3 is 10.2 Å². The number of phenolic OH excluding ortho intramolecular Hbond substituents is 2. The maximum absolute atomic E-state index is 9.69. The molecule has 0 fully saturated rings. The summed E-state index contributed by atoms with van der Waals surface area (Å²) in [5.74, 6) is 1.12. The van der Waals surface area contributed by atoms with E-state index in [1.54, 1.807) is 12.1 Å². The third-order valence-electron chi connectivity index (χ3n) is 5.23. The Hall–Kier alpha value is -2.04. The van der Waals surface area contributed by atoms with Crippen LogP contribution in [-0.4, -0.2) is 47.2 Å². The van der Waals surface area contributed by atoms with Crippen LogP contribution >= 0.6 is 0 Å². The van der Waals surface area contributed by atoms with E-state index in [0.717, 1.165) is 24.2 Å². The fraction of sp³-hybridized carbons (Fsp3) is 0.455. The Balaban J connectivity index is 1.91. The van der Waals surface area contributed by atoms with Crippen molar-refractivity contribution in [2.24, 2.45) is 5.92 Å². The average molecular weight is 357 g/mol. The summed E-state index contributed by atoms with van der Waals surface area (Å²) in [4.78, 5) is 4.65. The molecule has 2 aromatic rings. The molecule has 26 heavy (non-hydrogen) atoms. The highest BCUT2D eigenvalue weighted by atomic mass is 16.3. The molecule has 2 unspecified atom stereocenters. The van der Waals surface area contributed by atoms with Gasteiger partial charge in [0.25, 0.3) is 0 Å². The van der Waals surface area contributed by atoms with Crippen molar-refractivity contribution in [2.75, 3.05) is 27.2 Å². The van der Waals surface area contributed by atoms with Crippen LogP contribution in [0, 0.1) is 5.92 Å². The number of benzene rings is 2. The van der Waals surface area contributed by atoms with Crippen molar-refractivity contribution in [1.29, 1.82) is 0 Å². The molecule has 4 heteroatoms. The number of phenols is 2. The number of hydrogen-bond acceptors (Lipinski definition) is 4. The molecular formula is C22H32N2O2. The highest BCUT2D eigenvalue weighted by Crippen LogP contribution is 2.25. The molecular weight excluding hydrogens is 324 g/mol. The smallest absolute Gasteiger partial charge is 0.115 e. The average Bonchev–Trinajstić information content (AvgIpc) is 2.60. The lowest BCUT2D eigenvalue weighted by atomic mass is 10.0. The maximum Gasteiger partial charge on any atom is 0.115 e. The highest BCUT2D eigenvalue weighted by molar-refractivity contribution is 5.29. The fourth-order valence-corrected chi connectivity index (χ4v) is 3.44. The molecule has 0 radical (unpaired) electrons. The third-order valence-corrected chi connectivity index (χ3v) is 5.23. The number of rotatable bonds is 8. The second kappa shape index (κ2) is 9.06. The van der Waals surface area contributed by atoms with E-state index in [2.05, 4.69) is 56.8 Å². The predicted molar refractivity (Wildman–Crippen MR) is 107 cm³/mol. The Morgan fingerprint density at radius 1 is 0.731 bits per heavy atom. The van der Waals surface area contributed by atoms with Crippen molar-refractivity contribution < 1.29 is 10.2 Å². The van der Waals surface area contributed by atoms with Gasteiger partial charge in [0, 0.05) is 25.2 Å². The van der Waals surface area contributed by atoms with Crippen molar-refractivity contribution >= 4 is 0 Å². The van der Waals surface area contributed by atoms with Gasteiger partial charge in [0.2, 0.25) is 0 Å². The van der Waals surface area contributed by atoms with Gasteiger partial charge in [-0.2, -0.15) is 0 Å². The molecule has 0 saturated carbocycles. The molecule has 2 rings (SSSR count). The largest absolute Gasteiger partial charge is 0.508 e. The van der Waals surface area contributed by atoms with Gasteiger partial charge in [-0.3, -0.25) is 9.80 Å². The van der Waals surface area contributed by atoms with E-state index in [1.807, 2.05) is 24.3 Å². The van der Waals surface area contributed by atoms with E-state index >= 15 is 0 Å². The second-order valence-corrected chi connectivity index (χ2v) is 7.53. The lowest BCUT2D eigenvalue weighted by molar-refractivity contribution is 0.171. The van der Waals surface area contributed by atoms with E-state index < -0.39 is 0 Å². The van der Waals surface area contributed by atoms with Crippen LogP contribution in [-0.2, 0) is 0 Å². The maximum atomic E-state index is 9.69. The zero-order chi connectivity index (χ0) is 19.3. The Morgan fingerprint density at radius 3 is 1.46 bits per heavy atom. The molecule has 2 aromatic carbocycles. The van der Waals surface area contributed by atoms with E-state index in [-0.39, 0.29) is 12.1 Å². The Kier molecular flexibility index (Phi) is 7.06. The normalized spacial score (nSPS) is 15.2. The Labute approximate surface area is 157 Å². The summed E-state index contributed by atoms with van der Waals surface area (Å²) in [6.07, 6.45) is 0. The SMILES string of the molecule is CC(CN(C)C(C)c1cccc(O)c1)CN(C)C(C)c1cccc(O)c1. The molecule has 0 aromatic heterocycles. The molecule has 2 N–H and O–H groups in total. The summed E-state index contributed by atoms with van der Waals surface area (Å²) in [6, 6.07) is 15.5. The fourth-order valence-electron chi connectivity index (χ4n) is 3.44. The predicted octanol–water partition coefficient (Wildman–Crippen LogP) is 4.42. The first-order chi connectivity index (χ1) is 12.3. The highest BCUT2D eigenvalue weighted by Gasteiger charge is 2.18. The first-order valence-electron chi connectivity index (χ1n) is 9.26. The van der Waals surface area contributed by atoms with Crippen LogP contribution in [0.1, 0.15) is 44.0 Å². The molecule has 4 nitrogen and oxygen atoms in total. The van der Waals surface area contributed by atoms with Crippen molar-refractivity contribution in [3.63, 3.8) is 0 Å². The van der Waals surface area contributed by atoms with Gasteiger partial charge in [0.1, 0.15) is 11.5 Å². The van der Waals surface area contributed by atoms with Crippen LogP contribution in [0.15, 0.2) is 48.5 Å². The lowest BCUT2D eigenvalue weighted by Gasteiger charge is -2.32. The van der Waals surface area contributed by atoms with E-state index in [9.17, 15) is 10.2 Å². The van der Waals surface area contributed by atoms with Crippen LogP contribution < -0.4 is 0 Å². The summed E-state index contributed by atoms with van der Waals surface area (Å²) in [5, 5.41) is 19.4. The second-order valence-electron chi connectivity index (χ2n) is 7.53. The standard InChI is InChI=1S/C22H32N2O2/c1-16(14-23(4)17(2)19-8-6-10-21(25)12-19)15-24(5)18(3)20-9-7-11-22(26)13-20/h6-13,16-18,25-26H,14-15H2,1-5H3. The monoisotopic (exact) mass is 356 g/mol. The van der Waals surface area contributed by atoms with Crippen LogP contribution in [0.5, 0.6) is 11.5 Å². The van der Waals surface area contributed by atoms with Crippen LogP contribution in [0.4, 0.5) is 0 Å². The van der Waals surface area contributed by atoms with Gasteiger partial charge in [-0.1, -0.05) is 31.2 Å².